The molecule has 0 aliphatic heterocycles. The molecule has 0 saturated carbocycles. The van der Waals surface area contributed by atoms with Gasteiger partial charge in [-0.2, -0.15) is 5.10 Å². The fraction of sp³-hybridized carbons (Fsp3) is 0.400. The van der Waals surface area contributed by atoms with Gasteiger partial charge in [0, 0.05) is 22.3 Å². The highest BCUT2D eigenvalue weighted by Gasteiger charge is 2.08. The topological polar surface area (TPSA) is 70.6 Å². The molecule has 0 heterocycles. The first-order valence-electron chi connectivity index (χ1n) is 6.68. The Bertz CT molecular complexity index is 568. The number of nitrogens with one attached hydrogen (secondary N) is 2. The summed E-state index contributed by atoms with van der Waals surface area (Å²) in [5, 5.41) is 7.31. The molecule has 0 unspecified atom stereocenters. The molecule has 0 saturated heterocycles. The second-order valence-corrected chi connectivity index (χ2v) is 5.60. The van der Waals surface area contributed by atoms with Crippen LogP contribution in [0, 0.1) is 12.8 Å². The third-order valence-electron chi connectivity index (χ3n) is 2.76. The minimum atomic E-state index is -0.194. The number of amides is 2. The third kappa shape index (κ3) is 5.95. The lowest BCUT2D eigenvalue weighted by Crippen LogP contribution is -2.25. The molecule has 2 amide bonds. The lowest BCUT2D eigenvalue weighted by atomic mass is 10.2. The van der Waals surface area contributed by atoms with Gasteiger partial charge in [0.1, 0.15) is 0 Å². The number of anilines is 1. The van der Waals surface area contributed by atoms with Crippen LogP contribution in [-0.4, -0.2) is 17.5 Å². The van der Waals surface area contributed by atoms with E-state index in [1.54, 1.807) is 39.0 Å². The number of halogens is 1. The zero-order valence-corrected chi connectivity index (χ0v) is 13.4. The Balaban J connectivity index is 2.57. The van der Waals surface area contributed by atoms with E-state index in [-0.39, 0.29) is 24.2 Å². The fourth-order valence-electron chi connectivity index (χ4n) is 1.51. The zero-order chi connectivity index (χ0) is 16.0. The number of benzene rings is 1. The molecular weight excluding hydrogens is 290 g/mol. The number of hydrogen-bond donors (Lipinski definition) is 2. The van der Waals surface area contributed by atoms with E-state index in [2.05, 4.69) is 15.8 Å². The van der Waals surface area contributed by atoms with Crippen molar-refractivity contribution in [2.75, 3.05) is 5.32 Å². The molecule has 1 aromatic rings. The Labute approximate surface area is 129 Å². The number of carbonyl (C=O) groups excluding carboxylic acids is 2. The zero-order valence-electron chi connectivity index (χ0n) is 12.7. The number of nitrogens with zero attached hydrogens (tertiary/aromatic N) is 1. The van der Waals surface area contributed by atoms with E-state index in [0.29, 0.717) is 16.4 Å². The molecule has 0 radical (unpaired) electrons. The Morgan fingerprint density at radius 1 is 1.33 bits per heavy atom. The average molecular weight is 310 g/mol. The van der Waals surface area contributed by atoms with Gasteiger partial charge >= 0.3 is 0 Å². The van der Waals surface area contributed by atoms with Crippen LogP contribution in [0.25, 0.3) is 0 Å². The molecule has 1 aromatic carbocycles. The molecule has 6 heteroatoms. The van der Waals surface area contributed by atoms with Crippen LogP contribution < -0.4 is 10.7 Å². The van der Waals surface area contributed by atoms with E-state index in [9.17, 15) is 9.59 Å². The summed E-state index contributed by atoms with van der Waals surface area (Å²) in [5.41, 5.74) is 4.56. The summed E-state index contributed by atoms with van der Waals surface area (Å²) in [6.07, 6.45) is 0.112. The summed E-state index contributed by atoms with van der Waals surface area (Å²) in [5.74, 6) is -0.518. The summed E-state index contributed by atoms with van der Waals surface area (Å²) >= 11 is 5.86. The van der Waals surface area contributed by atoms with E-state index in [0.717, 1.165) is 5.56 Å². The minimum Gasteiger partial charge on any atom is -0.326 e. The van der Waals surface area contributed by atoms with Gasteiger partial charge in [-0.15, -0.1) is 0 Å². The average Bonchev–Trinajstić information content (AvgIpc) is 2.39. The molecule has 0 aliphatic carbocycles. The second-order valence-electron chi connectivity index (χ2n) is 5.16. The van der Waals surface area contributed by atoms with Crippen molar-refractivity contribution >= 4 is 34.8 Å². The first kappa shape index (κ1) is 17.2. The highest BCUT2D eigenvalue weighted by Crippen LogP contribution is 2.19. The minimum absolute atomic E-state index is 0.112. The second kappa shape index (κ2) is 7.78. The van der Waals surface area contributed by atoms with Crippen LogP contribution in [0.1, 0.15) is 32.8 Å². The quantitative estimate of drug-likeness (QED) is 0.648. The molecule has 0 spiro atoms. The van der Waals surface area contributed by atoms with Gasteiger partial charge in [0.25, 0.3) is 0 Å². The van der Waals surface area contributed by atoms with Crippen molar-refractivity contribution in [3.8, 4) is 0 Å². The third-order valence-corrected chi connectivity index (χ3v) is 3.00. The van der Waals surface area contributed by atoms with Crippen LogP contribution in [0.4, 0.5) is 5.69 Å². The summed E-state index contributed by atoms with van der Waals surface area (Å²) in [4.78, 5) is 23.3. The number of aryl methyl sites for hydroxylation is 1. The molecular formula is C15H20ClN3O2. The monoisotopic (exact) mass is 309 g/mol. The number of rotatable bonds is 5. The van der Waals surface area contributed by atoms with Crippen molar-refractivity contribution in [1.82, 2.24) is 5.43 Å². The van der Waals surface area contributed by atoms with Crippen molar-refractivity contribution in [3.63, 3.8) is 0 Å². The van der Waals surface area contributed by atoms with Crippen LogP contribution in [0.2, 0.25) is 5.02 Å². The van der Waals surface area contributed by atoms with Gasteiger partial charge in [0.05, 0.1) is 6.42 Å². The SMILES string of the molecule is C/C(CC(=O)Nc1ccc(Cl)cc1C)=N\NC(=O)C(C)C. The first-order valence-corrected chi connectivity index (χ1v) is 7.06. The van der Waals surface area contributed by atoms with Gasteiger partial charge in [-0.05, 0) is 37.6 Å². The summed E-state index contributed by atoms with van der Waals surface area (Å²) < 4.78 is 0. The van der Waals surface area contributed by atoms with Gasteiger partial charge in [0.2, 0.25) is 11.8 Å². The molecule has 0 aromatic heterocycles. The predicted octanol–water partition coefficient (Wildman–Crippen LogP) is 3.13. The van der Waals surface area contributed by atoms with Crippen molar-refractivity contribution in [2.45, 2.75) is 34.1 Å². The highest BCUT2D eigenvalue weighted by atomic mass is 35.5. The van der Waals surface area contributed by atoms with Crippen LogP contribution in [-0.2, 0) is 9.59 Å². The van der Waals surface area contributed by atoms with Crippen LogP contribution in [0.15, 0.2) is 23.3 Å². The Kier molecular flexibility index (Phi) is 6.37. The van der Waals surface area contributed by atoms with Gasteiger partial charge in [-0.1, -0.05) is 25.4 Å². The van der Waals surface area contributed by atoms with Crippen molar-refractivity contribution in [2.24, 2.45) is 11.0 Å². The van der Waals surface area contributed by atoms with E-state index in [1.807, 2.05) is 6.92 Å². The van der Waals surface area contributed by atoms with E-state index >= 15 is 0 Å². The lowest BCUT2D eigenvalue weighted by Gasteiger charge is -2.09. The molecule has 2 N–H and O–H groups in total. The summed E-state index contributed by atoms with van der Waals surface area (Å²) in [6.45, 7) is 7.10. The Morgan fingerprint density at radius 2 is 2.00 bits per heavy atom. The van der Waals surface area contributed by atoms with Gasteiger partial charge in [-0.3, -0.25) is 9.59 Å². The predicted molar refractivity (Wildman–Crippen MR) is 85.5 cm³/mol. The molecule has 5 nitrogen and oxygen atoms in total. The van der Waals surface area contributed by atoms with Crippen molar-refractivity contribution in [1.29, 1.82) is 0 Å². The van der Waals surface area contributed by atoms with Crippen LogP contribution in [0.3, 0.4) is 0 Å². The smallest absolute Gasteiger partial charge is 0.242 e. The summed E-state index contributed by atoms with van der Waals surface area (Å²) in [6, 6.07) is 5.25. The van der Waals surface area contributed by atoms with Crippen molar-refractivity contribution in [3.05, 3.63) is 28.8 Å². The highest BCUT2D eigenvalue weighted by molar-refractivity contribution is 6.30. The number of carbonyl (C=O) groups is 2. The van der Waals surface area contributed by atoms with Gasteiger partial charge < -0.3 is 5.32 Å². The normalized spacial score (nSPS) is 11.4. The van der Waals surface area contributed by atoms with E-state index < -0.39 is 0 Å². The molecule has 0 bridgehead atoms. The fourth-order valence-corrected chi connectivity index (χ4v) is 1.74. The van der Waals surface area contributed by atoms with Gasteiger partial charge in [-0.25, -0.2) is 5.43 Å². The van der Waals surface area contributed by atoms with E-state index in [4.69, 9.17) is 11.6 Å². The Morgan fingerprint density at radius 3 is 2.57 bits per heavy atom. The standard InChI is InChI=1S/C15H20ClN3O2/c1-9(2)15(21)19-18-11(4)8-14(20)17-13-6-5-12(16)7-10(13)3/h5-7,9H,8H2,1-4H3,(H,17,20)(H,19,21)/b18-11+. The molecule has 114 valence electrons. The maximum Gasteiger partial charge on any atom is 0.242 e. The van der Waals surface area contributed by atoms with Crippen molar-refractivity contribution < 1.29 is 9.59 Å². The molecule has 21 heavy (non-hydrogen) atoms. The molecule has 0 aliphatic rings. The maximum absolute atomic E-state index is 11.9. The number of hydrazone groups is 1. The molecule has 0 atom stereocenters. The molecule has 0 fully saturated rings. The van der Waals surface area contributed by atoms with Gasteiger partial charge in [0.15, 0.2) is 0 Å². The summed E-state index contributed by atoms with van der Waals surface area (Å²) in [7, 11) is 0. The maximum atomic E-state index is 11.9. The van der Waals surface area contributed by atoms with Crippen LogP contribution >= 0.6 is 11.6 Å². The number of hydrogen-bond acceptors (Lipinski definition) is 3. The molecule has 1 rings (SSSR count). The Hall–Kier alpha value is -1.88. The van der Waals surface area contributed by atoms with E-state index in [1.165, 1.54) is 0 Å². The van der Waals surface area contributed by atoms with Crippen LogP contribution in [0.5, 0.6) is 0 Å². The lowest BCUT2D eigenvalue weighted by molar-refractivity contribution is -0.124. The largest absolute Gasteiger partial charge is 0.326 e. The first-order chi connectivity index (χ1) is 9.79.